The molecule has 0 aliphatic rings. The van der Waals surface area contributed by atoms with Crippen LogP contribution in [0, 0.1) is 6.92 Å². The Balaban J connectivity index is 1.60. The number of ether oxygens (including phenoxy) is 1. The zero-order chi connectivity index (χ0) is 25.4. The molecule has 0 aliphatic heterocycles. The van der Waals surface area contributed by atoms with Gasteiger partial charge in [0.05, 0.1) is 21.8 Å². The van der Waals surface area contributed by atoms with Gasteiger partial charge in [0.2, 0.25) is 0 Å². The molecule has 1 heterocycles. The number of nitrogens with zero attached hydrogens (tertiary/aromatic N) is 1. The number of hydrogen-bond acceptors (Lipinski definition) is 4. The van der Waals surface area contributed by atoms with Crippen LogP contribution >= 0.6 is 11.6 Å². The van der Waals surface area contributed by atoms with E-state index in [0.29, 0.717) is 21.6 Å². The largest absolute Gasteiger partial charge is 0.460 e. The summed E-state index contributed by atoms with van der Waals surface area (Å²) in [7, 11) is -3.93. The minimum Gasteiger partial charge on any atom is -0.460 e. The maximum atomic E-state index is 13.8. The summed E-state index contributed by atoms with van der Waals surface area (Å²) in [6.45, 7) is 3.84. The summed E-state index contributed by atoms with van der Waals surface area (Å²) in [6, 6.07) is 26.8. The molecule has 0 spiro atoms. The molecule has 0 fully saturated rings. The molecule has 1 atom stereocenters. The van der Waals surface area contributed by atoms with Crippen molar-refractivity contribution in [3.63, 3.8) is 0 Å². The van der Waals surface area contributed by atoms with Gasteiger partial charge in [0.1, 0.15) is 6.61 Å². The molecule has 182 valence electrons. The topological polar surface area (TPSA) is 65.4 Å². The minimum absolute atomic E-state index is 0.173. The Morgan fingerprint density at radius 1 is 0.889 bits per heavy atom. The van der Waals surface area contributed by atoms with Gasteiger partial charge in [0.15, 0.2) is 0 Å². The zero-order valence-electron chi connectivity index (χ0n) is 19.8. The minimum atomic E-state index is -3.93. The van der Waals surface area contributed by atoms with Gasteiger partial charge >= 0.3 is 5.97 Å². The van der Waals surface area contributed by atoms with E-state index in [-0.39, 0.29) is 17.5 Å². The molecule has 0 amide bonds. The van der Waals surface area contributed by atoms with E-state index in [1.165, 1.54) is 3.97 Å². The first-order chi connectivity index (χ1) is 17.3. The maximum Gasteiger partial charge on any atom is 0.313 e. The monoisotopic (exact) mass is 517 g/mol. The quantitative estimate of drug-likeness (QED) is 0.231. The van der Waals surface area contributed by atoms with Crippen molar-refractivity contribution in [1.29, 1.82) is 0 Å². The molecule has 1 aromatic heterocycles. The number of benzene rings is 4. The Hall–Kier alpha value is -3.61. The summed E-state index contributed by atoms with van der Waals surface area (Å²) >= 11 is 6.27. The molecular weight excluding hydrogens is 494 g/mol. The van der Waals surface area contributed by atoms with E-state index in [2.05, 4.69) is 0 Å². The van der Waals surface area contributed by atoms with Gasteiger partial charge in [-0.25, -0.2) is 12.4 Å². The Morgan fingerprint density at radius 2 is 1.61 bits per heavy atom. The van der Waals surface area contributed by atoms with Crippen molar-refractivity contribution in [2.75, 3.05) is 0 Å². The summed E-state index contributed by atoms with van der Waals surface area (Å²) in [5, 5.41) is 1.96. The van der Waals surface area contributed by atoms with Crippen LogP contribution in [0.15, 0.2) is 95.9 Å². The Kier molecular flexibility index (Phi) is 6.33. The fraction of sp³-hybridized carbons (Fsp3) is 0.138. The number of fused-ring (bicyclic) bond motifs is 3. The first-order valence-corrected chi connectivity index (χ1v) is 13.3. The number of esters is 1. The van der Waals surface area contributed by atoms with E-state index in [4.69, 9.17) is 16.3 Å². The molecule has 4 aromatic carbocycles. The molecule has 5 aromatic rings. The lowest BCUT2D eigenvalue weighted by molar-refractivity contribution is -0.146. The van der Waals surface area contributed by atoms with Gasteiger partial charge in [0.25, 0.3) is 10.0 Å². The smallest absolute Gasteiger partial charge is 0.313 e. The Bertz CT molecular complexity index is 1690. The van der Waals surface area contributed by atoms with E-state index in [0.717, 1.165) is 21.9 Å². The summed E-state index contributed by atoms with van der Waals surface area (Å²) in [6.07, 6.45) is 0. The first-order valence-electron chi connectivity index (χ1n) is 11.5. The second-order valence-corrected chi connectivity index (χ2v) is 11.1. The molecule has 0 saturated carbocycles. The molecule has 5 rings (SSSR count). The average Bonchev–Trinajstić information content (AvgIpc) is 3.21. The fourth-order valence-electron chi connectivity index (χ4n) is 4.31. The number of carbonyl (C=O) groups excluding carboxylic acids is 1. The number of rotatable bonds is 6. The number of aromatic nitrogens is 1. The van der Waals surface area contributed by atoms with Crippen molar-refractivity contribution in [2.24, 2.45) is 0 Å². The molecule has 0 aliphatic carbocycles. The van der Waals surface area contributed by atoms with Crippen molar-refractivity contribution in [3.05, 3.63) is 113 Å². The number of halogens is 1. The highest BCUT2D eigenvalue weighted by Gasteiger charge is 2.25. The SMILES string of the molecule is Cc1ccc(S(=O)(=O)n2c3ccc(Cl)cc3c3ccc(C(C)C(=O)OCc4ccccc4)cc32)cc1. The third-order valence-corrected chi connectivity index (χ3v) is 8.32. The number of hydrogen-bond donors (Lipinski definition) is 0. The standard InChI is InChI=1S/C29H24ClNO4S/c1-19-8-12-24(13-9-19)36(33,34)31-27-15-11-23(30)17-26(27)25-14-10-22(16-28(25)31)20(2)29(32)35-18-21-6-4-3-5-7-21/h3-17,20H,18H2,1-2H3. The number of carbonyl (C=O) groups is 1. The van der Waals surface area contributed by atoms with E-state index in [1.807, 2.05) is 49.4 Å². The lowest BCUT2D eigenvalue weighted by atomic mass is 9.99. The van der Waals surface area contributed by atoms with Crippen molar-refractivity contribution >= 4 is 49.4 Å². The molecule has 1 unspecified atom stereocenters. The highest BCUT2D eigenvalue weighted by Crippen LogP contribution is 2.36. The van der Waals surface area contributed by atoms with E-state index in [9.17, 15) is 13.2 Å². The highest BCUT2D eigenvalue weighted by atomic mass is 35.5. The second kappa shape index (κ2) is 9.45. The van der Waals surface area contributed by atoms with Gasteiger partial charge in [-0.05, 0) is 61.4 Å². The first kappa shape index (κ1) is 24.1. The van der Waals surface area contributed by atoms with Gasteiger partial charge < -0.3 is 4.74 Å². The molecule has 0 radical (unpaired) electrons. The summed E-state index contributed by atoms with van der Waals surface area (Å²) in [5.41, 5.74) is 3.53. The van der Waals surface area contributed by atoms with Crippen LogP contribution in [0.25, 0.3) is 21.8 Å². The highest BCUT2D eigenvalue weighted by molar-refractivity contribution is 7.90. The van der Waals surface area contributed by atoms with Gasteiger partial charge in [0, 0.05) is 15.8 Å². The molecular formula is C29H24ClNO4S. The second-order valence-electron chi connectivity index (χ2n) is 8.84. The van der Waals surface area contributed by atoms with Crippen molar-refractivity contribution in [1.82, 2.24) is 3.97 Å². The Labute approximate surface area is 214 Å². The predicted molar refractivity (Wildman–Crippen MR) is 143 cm³/mol. The van der Waals surface area contributed by atoms with Crippen LogP contribution in [-0.2, 0) is 26.2 Å². The van der Waals surface area contributed by atoms with Crippen LogP contribution in [0.2, 0.25) is 5.02 Å². The number of aryl methyl sites for hydroxylation is 1. The summed E-state index contributed by atoms with van der Waals surface area (Å²) in [4.78, 5) is 13.0. The normalized spacial score (nSPS) is 12.6. The lowest BCUT2D eigenvalue weighted by Gasteiger charge is -2.14. The lowest BCUT2D eigenvalue weighted by Crippen LogP contribution is -2.14. The summed E-state index contributed by atoms with van der Waals surface area (Å²) in [5.74, 6) is -0.972. The Morgan fingerprint density at radius 3 is 2.33 bits per heavy atom. The maximum absolute atomic E-state index is 13.8. The van der Waals surface area contributed by atoms with Crippen LogP contribution in [0.1, 0.15) is 29.5 Å². The van der Waals surface area contributed by atoms with Crippen molar-refractivity contribution < 1.29 is 17.9 Å². The summed E-state index contributed by atoms with van der Waals surface area (Å²) < 4.78 is 34.5. The fourth-order valence-corrected chi connectivity index (χ4v) is 6.00. The third kappa shape index (κ3) is 4.38. The van der Waals surface area contributed by atoms with Crippen LogP contribution in [0.5, 0.6) is 0 Å². The van der Waals surface area contributed by atoms with Crippen LogP contribution < -0.4 is 0 Å². The molecule has 5 nitrogen and oxygen atoms in total. The van der Waals surface area contributed by atoms with E-state index < -0.39 is 15.9 Å². The average molecular weight is 518 g/mol. The van der Waals surface area contributed by atoms with Gasteiger partial charge in [-0.1, -0.05) is 71.8 Å². The molecule has 7 heteroatoms. The molecule has 0 bridgehead atoms. The van der Waals surface area contributed by atoms with Gasteiger partial charge in [-0.3, -0.25) is 4.79 Å². The predicted octanol–water partition coefficient (Wildman–Crippen LogP) is 6.84. The zero-order valence-corrected chi connectivity index (χ0v) is 21.4. The van der Waals surface area contributed by atoms with Crippen LogP contribution in [-0.4, -0.2) is 18.4 Å². The van der Waals surface area contributed by atoms with Gasteiger partial charge in [-0.2, -0.15) is 0 Å². The molecule has 0 saturated heterocycles. The van der Waals surface area contributed by atoms with Gasteiger partial charge in [-0.15, -0.1) is 0 Å². The third-order valence-electron chi connectivity index (χ3n) is 6.34. The van der Waals surface area contributed by atoms with Crippen molar-refractivity contribution in [2.45, 2.75) is 31.3 Å². The van der Waals surface area contributed by atoms with Crippen molar-refractivity contribution in [3.8, 4) is 0 Å². The van der Waals surface area contributed by atoms with E-state index in [1.54, 1.807) is 55.5 Å². The van der Waals surface area contributed by atoms with E-state index >= 15 is 0 Å². The molecule has 36 heavy (non-hydrogen) atoms. The molecule has 0 N–H and O–H groups in total. The van der Waals surface area contributed by atoms with Crippen LogP contribution in [0.4, 0.5) is 0 Å². The van der Waals surface area contributed by atoms with Crippen LogP contribution in [0.3, 0.4) is 0 Å².